The summed E-state index contributed by atoms with van der Waals surface area (Å²) in [6.07, 6.45) is 0. The van der Waals surface area contributed by atoms with E-state index in [1.54, 1.807) is 0 Å². The molecule has 1 aliphatic heterocycles. The van der Waals surface area contributed by atoms with Crippen LogP contribution >= 0.6 is 0 Å². The molecule has 0 aliphatic carbocycles. The molecule has 6 heteroatoms. The van der Waals surface area contributed by atoms with E-state index in [4.69, 9.17) is 4.74 Å². The molecule has 6 nitrogen and oxygen atoms in total. The predicted molar refractivity (Wildman–Crippen MR) is 77.0 cm³/mol. The Hall–Kier alpha value is -1.66. The van der Waals surface area contributed by atoms with Crippen LogP contribution < -0.4 is 10.1 Å². The summed E-state index contributed by atoms with van der Waals surface area (Å²) in [4.78, 5) is 2.45. The zero-order valence-corrected chi connectivity index (χ0v) is 12.1. The topological polar surface area (TPSA) is 54.7 Å². The molecule has 3 rings (SSSR count). The highest BCUT2D eigenvalue weighted by Gasteiger charge is 2.14. The highest BCUT2D eigenvalue weighted by atomic mass is 16.5. The molecule has 0 radical (unpaired) electrons. The summed E-state index contributed by atoms with van der Waals surface area (Å²) in [6, 6.07) is 4.21. The SMILES string of the molecule is CCOc1cc(CN2CCNCC2)cc2nnc(C)n12. The number of piperazine rings is 1. The van der Waals surface area contributed by atoms with Gasteiger partial charge in [0.1, 0.15) is 5.82 Å². The van der Waals surface area contributed by atoms with Crippen LogP contribution in [0, 0.1) is 6.92 Å². The maximum absolute atomic E-state index is 5.74. The van der Waals surface area contributed by atoms with E-state index in [2.05, 4.69) is 32.5 Å². The summed E-state index contributed by atoms with van der Waals surface area (Å²) in [7, 11) is 0. The molecule has 0 amide bonds. The first-order chi connectivity index (χ1) is 9.78. The lowest BCUT2D eigenvalue weighted by Crippen LogP contribution is -2.42. The lowest BCUT2D eigenvalue weighted by Gasteiger charge is -2.27. The minimum atomic E-state index is 0.643. The van der Waals surface area contributed by atoms with Gasteiger partial charge >= 0.3 is 0 Å². The summed E-state index contributed by atoms with van der Waals surface area (Å²) in [5.41, 5.74) is 2.09. The Balaban J connectivity index is 1.90. The number of pyridine rings is 1. The van der Waals surface area contributed by atoms with E-state index in [-0.39, 0.29) is 0 Å². The van der Waals surface area contributed by atoms with Crippen molar-refractivity contribution in [3.63, 3.8) is 0 Å². The first kappa shape index (κ1) is 13.3. The monoisotopic (exact) mass is 275 g/mol. The van der Waals surface area contributed by atoms with E-state index >= 15 is 0 Å². The summed E-state index contributed by atoms with van der Waals surface area (Å²) in [5.74, 6) is 1.69. The van der Waals surface area contributed by atoms with Gasteiger partial charge in [0.25, 0.3) is 0 Å². The van der Waals surface area contributed by atoms with E-state index in [0.717, 1.165) is 50.1 Å². The zero-order valence-electron chi connectivity index (χ0n) is 12.1. The Morgan fingerprint density at radius 1 is 1.25 bits per heavy atom. The Labute approximate surface area is 118 Å². The number of hydrogen-bond acceptors (Lipinski definition) is 5. The van der Waals surface area contributed by atoms with E-state index in [9.17, 15) is 0 Å². The first-order valence-corrected chi connectivity index (χ1v) is 7.18. The van der Waals surface area contributed by atoms with Crippen molar-refractivity contribution in [1.29, 1.82) is 0 Å². The van der Waals surface area contributed by atoms with Gasteiger partial charge in [-0.25, -0.2) is 4.40 Å². The molecule has 2 aromatic heterocycles. The van der Waals surface area contributed by atoms with Crippen molar-refractivity contribution in [2.24, 2.45) is 0 Å². The highest BCUT2D eigenvalue weighted by molar-refractivity contribution is 5.46. The van der Waals surface area contributed by atoms with Crippen LogP contribution in [0.3, 0.4) is 0 Å². The van der Waals surface area contributed by atoms with Gasteiger partial charge in [0.2, 0.25) is 5.88 Å². The second kappa shape index (κ2) is 5.76. The number of nitrogens with zero attached hydrogens (tertiary/aromatic N) is 4. The maximum atomic E-state index is 5.74. The van der Waals surface area contributed by atoms with Crippen LogP contribution in [0.2, 0.25) is 0 Å². The first-order valence-electron chi connectivity index (χ1n) is 7.18. The van der Waals surface area contributed by atoms with Gasteiger partial charge in [-0.15, -0.1) is 10.2 Å². The van der Waals surface area contributed by atoms with Gasteiger partial charge < -0.3 is 10.1 Å². The van der Waals surface area contributed by atoms with E-state index in [1.807, 2.05) is 18.2 Å². The molecule has 0 bridgehead atoms. The van der Waals surface area contributed by atoms with Crippen LogP contribution in [-0.4, -0.2) is 52.3 Å². The van der Waals surface area contributed by atoms with Gasteiger partial charge in [-0.2, -0.15) is 0 Å². The average Bonchev–Trinajstić information content (AvgIpc) is 2.82. The third-order valence-corrected chi connectivity index (χ3v) is 3.60. The fraction of sp³-hybridized carbons (Fsp3) is 0.571. The van der Waals surface area contributed by atoms with Gasteiger partial charge in [-0.1, -0.05) is 0 Å². The molecular formula is C14H21N5O. The average molecular weight is 275 g/mol. The van der Waals surface area contributed by atoms with Crippen molar-refractivity contribution in [3.05, 3.63) is 23.5 Å². The molecular weight excluding hydrogens is 254 g/mol. The molecule has 1 fully saturated rings. The number of rotatable bonds is 4. The van der Waals surface area contributed by atoms with Crippen LogP contribution in [0.15, 0.2) is 12.1 Å². The lowest BCUT2D eigenvalue weighted by atomic mass is 10.2. The third kappa shape index (κ3) is 2.62. The van der Waals surface area contributed by atoms with Crippen molar-refractivity contribution in [1.82, 2.24) is 24.8 Å². The molecule has 0 atom stereocenters. The second-order valence-electron chi connectivity index (χ2n) is 5.10. The Morgan fingerprint density at radius 3 is 2.80 bits per heavy atom. The molecule has 0 aromatic carbocycles. The van der Waals surface area contributed by atoms with Crippen molar-refractivity contribution in [2.75, 3.05) is 32.8 Å². The molecule has 2 aromatic rings. The zero-order chi connectivity index (χ0) is 13.9. The van der Waals surface area contributed by atoms with Crippen molar-refractivity contribution in [2.45, 2.75) is 20.4 Å². The summed E-state index contributed by atoms with van der Waals surface area (Å²) in [5, 5.41) is 11.7. The molecule has 20 heavy (non-hydrogen) atoms. The normalized spacial score (nSPS) is 16.7. The van der Waals surface area contributed by atoms with Gasteiger partial charge in [0.05, 0.1) is 6.61 Å². The predicted octanol–water partition coefficient (Wildman–Crippen LogP) is 0.842. The second-order valence-corrected chi connectivity index (χ2v) is 5.10. The number of fused-ring (bicyclic) bond motifs is 1. The molecule has 1 aliphatic rings. The minimum absolute atomic E-state index is 0.643. The molecule has 1 saturated heterocycles. The van der Waals surface area contributed by atoms with Crippen molar-refractivity contribution >= 4 is 5.65 Å². The summed E-state index contributed by atoms with van der Waals surface area (Å²) < 4.78 is 7.70. The summed E-state index contributed by atoms with van der Waals surface area (Å²) in [6.45, 7) is 9.80. The summed E-state index contributed by atoms with van der Waals surface area (Å²) >= 11 is 0. The standard InChI is InChI=1S/C14H21N5O/c1-3-20-14-9-12(10-18-6-4-15-5-7-18)8-13-17-16-11(2)19(13)14/h8-9,15H,3-7,10H2,1-2H3. The Bertz CT molecular complexity index is 589. The number of ether oxygens (including phenoxy) is 1. The van der Waals surface area contributed by atoms with Crippen LogP contribution in [0.1, 0.15) is 18.3 Å². The Kier molecular flexibility index (Phi) is 3.84. The molecule has 0 spiro atoms. The van der Waals surface area contributed by atoms with Gasteiger partial charge in [0, 0.05) is 38.8 Å². The number of hydrogen-bond donors (Lipinski definition) is 1. The van der Waals surface area contributed by atoms with Crippen LogP contribution in [0.5, 0.6) is 5.88 Å². The highest BCUT2D eigenvalue weighted by Crippen LogP contribution is 2.20. The fourth-order valence-corrected chi connectivity index (χ4v) is 2.65. The largest absolute Gasteiger partial charge is 0.479 e. The van der Waals surface area contributed by atoms with E-state index in [0.29, 0.717) is 6.61 Å². The van der Waals surface area contributed by atoms with Crippen molar-refractivity contribution < 1.29 is 4.74 Å². The number of aromatic nitrogens is 3. The molecule has 1 N–H and O–H groups in total. The smallest absolute Gasteiger partial charge is 0.201 e. The lowest BCUT2D eigenvalue weighted by molar-refractivity contribution is 0.232. The quantitative estimate of drug-likeness (QED) is 0.896. The third-order valence-electron chi connectivity index (χ3n) is 3.60. The molecule has 108 valence electrons. The Morgan fingerprint density at radius 2 is 2.05 bits per heavy atom. The van der Waals surface area contributed by atoms with Gasteiger partial charge in [-0.05, 0) is 25.5 Å². The molecule has 0 saturated carbocycles. The van der Waals surface area contributed by atoms with Crippen LogP contribution in [-0.2, 0) is 6.54 Å². The van der Waals surface area contributed by atoms with Crippen LogP contribution in [0.4, 0.5) is 0 Å². The molecule has 0 unspecified atom stereocenters. The molecule has 3 heterocycles. The number of aryl methyl sites for hydroxylation is 1. The van der Waals surface area contributed by atoms with E-state index in [1.165, 1.54) is 5.56 Å². The maximum Gasteiger partial charge on any atom is 0.201 e. The van der Waals surface area contributed by atoms with Gasteiger partial charge in [0.15, 0.2) is 5.65 Å². The minimum Gasteiger partial charge on any atom is -0.479 e. The fourth-order valence-electron chi connectivity index (χ4n) is 2.65. The van der Waals surface area contributed by atoms with E-state index < -0.39 is 0 Å². The van der Waals surface area contributed by atoms with Crippen LogP contribution in [0.25, 0.3) is 5.65 Å². The number of nitrogens with one attached hydrogen (secondary N) is 1. The van der Waals surface area contributed by atoms with Gasteiger partial charge in [-0.3, -0.25) is 4.90 Å². The van der Waals surface area contributed by atoms with Crippen molar-refractivity contribution in [3.8, 4) is 5.88 Å².